The number of halogens is 3. The third-order valence-corrected chi connectivity index (χ3v) is 3.59. The molecule has 0 aliphatic heterocycles. The van der Waals surface area contributed by atoms with E-state index < -0.39 is 0 Å². The Labute approximate surface area is 157 Å². The van der Waals surface area contributed by atoms with Gasteiger partial charge in [-0.2, -0.15) is 27.8 Å². The molecule has 0 spiro atoms. The standard InChI is InChI=1S/C15H25.3ClH.Zr/c1-6-11-12(7-2)14(9-4)15(10-5)13(11)8-3;;;;/h6-10H2,1-5H3;3*1H;/q-1;;;;+4/p-3. The molecule has 110 valence electrons. The summed E-state index contributed by atoms with van der Waals surface area (Å²) in [6.45, 7) is 11.5. The second kappa shape index (κ2) is 14.1. The summed E-state index contributed by atoms with van der Waals surface area (Å²) in [7, 11) is 0. The molecule has 19 heavy (non-hydrogen) atoms. The van der Waals surface area contributed by atoms with E-state index in [0.29, 0.717) is 0 Å². The van der Waals surface area contributed by atoms with Crippen LogP contribution in [0.25, 0.3) is 0 Å². The summed E-state index contributed by atoms with van der Waals surface area (Å²) in [5, 5.41) is 0. The first-order valence-corrected chi connectivity index (χ1v) is 6.55. The van der Waals surface area contributed by atoms with Crippen LogP contribution in [0.2, 0.25) is 0 Å². The van der Waals surface area contributed by atoms with E-state index in [-0.39, 0.29) is 63.4 Å². The van der Waals surface area contributed by atoms with Gasteiger partial charge in [0, 0.05) is 0 Å². The summed E-state index contributed by atoms with van der Waals surface area (Å²) in [4.78, 5) is 0. The topological polar surface area (TPSA) is 0 Å². The molecule has 0 aliphatic rings. The molecule has 0 N–H and O–H groups in total. The van der Waals surface area contributed by atoms with Crippen LogP contribution in [-0.4, -0.2) is 0 Å². The molecular weight excluding hydrogens is 378 g/mol. The van der Waals surface area contributed by atoms with Crippen LogP contribution in [0.1, 0.15) is 62.4 Å². The number of hydrogen-bond acceptors (Lipinski definition) is 0. The molecule has 0 atom stereocenters. The zero-order valence-electron chi connectivity index (χ0n) is 12.7. The van der Waals surface area contributed by atoms with Crippen LogP contribution in [0.4, 0.5) is 0 Å². The van der Waals surface area contributed by atoms with Crippen molar-refractivity contribution in [2.24, 2.45) is 0 Å². The fraction of sp³-hybridized carbons (Fsp3) is 0.667. The Hall–Kier alpha value is 1.10. The van der Waals surface area contributed by atoms with E-state index in [1.165, 1.54) is 32.1 Å². The monoisotopic (exact) mass is 400 g/mol. The van der Waals surface area contributed by atoms with Gasteiger partial charge in [0.25, 0.3) is 0 Å². The maximum absolute atomic E-state index is 2.30. The molecule has 1 rings (SSSR count). The third kappa shape index (κ3) is 5.78. The fourth-order valence-corrected chi connectivity index (χ4v) is 3.04. The molecule has 0 bridgehead atoms. The molecule has 1 aromatic rings. The van der Waals surface area contributed by atoms with Gasteiger partial charge in [-0.15, -0.1) is 0 Å². The second-order valence-corrected chi connectivity index (χ2v) is 4.16. The minimum atomic E-state index is 0. The third-order valence-electron chi connectivity index (χ3n) is 3.59. The van der Waals surface area contributed by atoms with Crippen molar-refractivity contribution in [2.45, 2.75) is 66.7 Å². The van der Waals surface area contributed by atoms with E-state index in [4.69, 9.17) is 0 Å². The number of rotatable bonds is 5. The van der Waals surface area contributed by atoms with Crippen molar-refractivity contribution in [1.29, 1.82) is 0 Å². The maximum Gasteiger partial charge on any atom is 4.00 e. The van der Waals surface area contributed by atoms with Crippen molar-refractivity contribution < 1.29 is 63.4 Å². The minimum Gasteiger partial charge on any atom is -1.00 e. The van der Waals surface area contributed by atoms with Gasteiger partial charge in [-0.25, -0.2) is 0 Å². The first-order chi connectivity index (χ1) is 7.24. The molecular formula is C15H25Cl3Zr. The van der Waals surface area contributed by atoms with Crippen LogP contribution in [-0.2, 0) is 58.3 Å². The first-order valence-electron chi connectivity index (χ1n) is 6.55. The Balaban J connectivity index is -0.000000281. The van der Waals surface area contributed by atoms with Crippen molar-refractivity contribution in [1.82, 2.24) is 0 Å². The Morgan fingerprint density at radius 3 is 1.11 bits per heavy atom. The molecule has 1 aromatic carbocycles. The number of hydrogen-bond donors (Lipinski definition) is 0. The Morgan fingerprint density at radius 1 is 0.632 bits per heavy atom. The second-order valence-electron chi connectivity index (χ2n) is 4.16. The SMILES string of the molecule is CCc1c(CC)c(CC)[c-](CC)c1CC.[Cl-].[Cl-].[Cl-].[Zr+4]. The quantitative estimate of drug-likeness (QED) is 0.434. The van der Waals surface area contributed by atoms with E-state index in [2.05, 4.69) is 34.6 Å². The molecule has 0 amide bonds. The molecule has 0 radical (unpaired) electrons. The van der Waals surface area contributed by atoms with Gasteiger partial charge in [0.05, 0.1) is 0 Å². The average Bonchev–Trinajstić information content (AvgIpc) is 2.59. The molecule has 0 aliphatic carbocycles. The molecule has 4 heteroatoms. The molecule has 0 saturated heterocycles. The zero-order chi connectivity index (χ0) is 11.4. The van der Waals surface area contributed by atoms with Crippen molar-refractivity contribution in [3.8, 4) is 0 Å². The van der Waals surface area contributed by atoms with Gasteiger partial charge in [-0.05, 0) is 0 Å². The summed E-state index contributed by atoms with van der Waals surface area (Å²) >= 11 is 0. The van der Waals surface area contributed by atoms with Crippen molar-refractivity contribution in [2.75, 3.05) is 0 Å². The summed E-state index contributed by atoms with van der Waals surface area (Å²) < 4.78 is 0. The van der Waals surface area contributed by atoms with Crippen LogP contribution in [0.5, 0.6) is 0 Å². The smallest absolute Gasteiger partial charge is 1.00 e. The zero-order valence-corrected chi connectivity index (χ0v) is 17.4. The molecule has 0 nitrogen and oxygen atoms in total. The molecule has 0 unspecified atom stereocenters. The van der Waals surface area contributed by atoms with Crippen LogP contribution in [0, 0.1) is 0 Å². The van der Waals surface area contributed by atoms with Gasteiger partial charge in [-0.3, -0.25) is 0 Å². The van der Waals surface area contributed by atoms with Gasteiger partial charge in [0.15, 0.2) is 0 Å². The summed E-state index contributed by atoms with van der Waals surface area (Å²) in [6, 6.07) is 0. The predicted molar refractivity (Wildman–Crippen MR) is 68.9 cm³/mol. The van der Waals surface area contributed by atoms with Crippen LogP contribution >= 0.6 is 0 Å². The first kappa shape index (κ1) is 28.3. The van der Waals surface area contributed by atoms with E-state index in [1.54, 1.807) is 27.8 Å². The van der Waals surface area contributed by atoms with Gasteiger partial charge in [0.2, 0.25) is 0 Å². The normalized spacial score (nSPS) is 8.68. The molecule has 0 saturated carbocycles. The van der Waals surface area contributed by atoms with Crippen molar-refractivity contribution >= 4 is 0 Å². The van der Waals surface area contributed by atoms with Gasteiger partial charge in [-0.1, -0.05) is 66.7 Å². The van der Waals surface area contributed by atoms with Crippen LogP contribution in [0.15, 0.2) is 0 Å². The van der Waals surface area contributed by atoms with Gasteiger partial charge in [0.1, 0.15) is 0 Å². The summed E-state index contributed by atoms with van der Waals surface area (Å²) in [5.41, 5.74) is 8.30. The Kier molecular flexibility index (Phi) is 20.9. The molecule has 0 fully saturated rings. The average molecular weight is 403 g/mol. The maximum atomic E-state index is 2.30. The van der Waals surface area contributed by atoms with E-state index in [9.17, 15) is 0 Å². The minimum absolute atomic E-state index is 0. The van der Waals surface area contributed by atoms with Crippen LogP contribution in [0.3, 0.4) is 0 Å². The molecule has 0 heterocycles. The van der Waals surface area contributed by atoms with Crippen molar-refractivity contribution in [3.05, 3.63) is 27.8 Å². The Bertz CT molecular complexity index is 241. The van der Waals surface area contributed by atoms with Gasteiger partial charge < -0.3 is 37.2 Å². The van der Waals surface area contributed by atoms with E-state index >= 15 is 0 Å². The summed E-state index contributed by atoms with van der Waals surface area (Å²) in [6.07, 6.45) is 6.04. The predicted octanol–water partition coefficient (Wildman–Crippen LogP) is -4.77. The van der Waals surface area contributed by atoms with Crippen molar-refractivity contribution in [3.63, 3.8) is 0 Å². The van der Waals surface area contributed by atoms with Crippen LogP contribution < -0.4 is 37.2 Å². The Morgan fingerprint density at radius 2 is 0.947 bits per heavy atom. The van der Waals surface area contributed by atoms with E-state index in [1.807, 2.05) is 0 Å². The van der Waals surface area contributed by atoms with Gasteiger partial charge >= 0.3 is 26.2 Å². The van der Waals surface area contributed by atoms with E-state index in [0.717, 1.165) is 0 Å². The molecule has 0 aromatic heterocycles. The fourth-order valence-electron chi connectivity index (χ4n) is 3.04. The summed E-state index contributed by atoms with van der Waals surface area (Å²) in [5.74, 6) is 0. The largest absolute Gasteiger partial charge is 4.00 e.